The van der Waals surface area contributed by atoms with Gasteiger partial charge in [-0.2, -0.15) is 5.10 Å². The van der Waals surface area contributed by atoms with Crippen molar-refractivity contribution < 1.29 is 4.79 Å². The second-order valence-electron chi connectivity index (χ2n) is 4.45. The van der Waals surface area contributed by atoms with Crippen LogP contribution in [0.5, 0.6) is 0 Å². The van der Waals surface area contributed by atoms with Crippen molar-refractivity contribution in [2.45, 2.75) is 31.2 Å². The van der Waals surface area contributed by atoms with Crippen molar-refractivity contribution in [1.29, 1.82) is 0 Å². The van der Waals surface area contributed by atoms with Gasteiger partial charge in [0.1, 0.15) is 5.69 Å². The van der Waals surface area contributed by atoms with E-state index in [0.29, 0.717) is 10.7 Å². The number of aromatic nitrogens is 2. The number of aryl methyl sites for hydroxylation is 1. The fourth-order valence-electron chi connectivity index (χ4n) is 2.29. The van der Waals surface area contributed by atoms with E-state index >= 15 is 0 Å². The Kier molecular flexibility index (Phi) is 3.15. The Morgan fingerprint density at radius 2 is 2.24 bits per heavy atom. The molecule has 1 aromatic heterocycles. The van der Waals surface area contributed by atoms with Crippen LogP contribution in [0.4, 0.5) is 0 Å². The molecular weight excluding hydrogens is 236 g/mol. The maximum atomic E-state index is 12.1. The molecule has 0 aliphatic heterocycles. The summed E-state index contributed by atoms with van der Waals surface area (Å²) in [6.07, 6.45) is 5.33. The Morgan fingerprint density at radius 3 is 2.71 bits per heavy atom. The van der Waals surface area contributed by atoms with Gasteiger partial charge in [-0.3, -0.25) is 9.48 Å². The molecule has 0 saturated heterocycles. The van der Waals surface area contributed by atoms with E-state index in [4.69, 9.17) is 18.0 Å². The molecule has 1 aliphatic rings. The third-order valence-electron chi connectivity index (χ3n) is 3.34. The summed E-state index contributed by atoms with van der Waals surface area (Å²) in [6.45, 7) is 0. The highest BCUT2D eigenvalue weighted by atomic mass is 32.1. The van der Waals surface area contributed by atoms with Gasteiger partial charge in [0.2, 0.25) is 0 Å². The van der Waals surface area contributed by atoms with Crippen LogP contribution in [0.2, 0.25) is 0 Å². The summed E-state index contributed by atoms with van der Waals surface area (Å²) in [4.78, 5) is 12.5. The van der Waals surface area contributed by atoms with Crippen LogP contribution in [-0.2, 0) is 7.05 Å². The first kappa shape index (κ1) is 12.0. The predicted molar refractivity (Wildman–Crippen MR) is 68.7 cm³/mol. The quantitative estimate of drug-likeness (QED) is 0.779. The Morgan fingerprint density at radius 1 is 1.59 bits per heavy atom. The van der Waals surface area contributed by atoms with Crippen LogP contribution in [0.3, 0.4) is 0 Å². The molecule has 0 unspecified atom stereocenters. The van der Waals surface area contributed by atoms with Crippen LogP contribution in [0.15, 0.2) is 12.3 Å². The zero-order valence-corrected chi connectivity index (χ0v) is 10.6. The predicted octanol–water partition coefficient (Wildman–Crippen LogP) is 0.749. The molecular formula is C11H16N4OS. The first-order valence-electron chi connectivity index (χ1n) is 5.66. The second kappa shape index (κ2) is 4.44. The molecule has 3 N–H and O–H groups in total. The summed E-state index contributed by atoms with van der Waals surface area (Å²) in [6, 6.07) is 1.68. The largest absolute Gasteiger partial charge is 0.391 e. The topological polar surface area (TPSA) is 72.9 Å². The SMILES string of the molecule is Cn1nccc1C(=O)NC1(C(N)=S)CCCC1. The number of nitrogens with one attached hydrogen (secondary N) is 1. The third-order valence-corrected chi connectivity index (χ3v) is 3.73. The average Bonchev–Trinajstić information content (AvgIpc) is 2.87. The zero-order valence-electron chi connectivity index (χ0n) is 9.77. The van der Waals surface area contributed by atoms with Gasteiger partial charge in [0.05, 0.1) is 10.5 Å². The van der Waals surface area contributed by atoms with Gasteiger partial charge in [0.15, 0.2) is 0 Å². The molecule has 1 aliphatic carbocycles. The molecule has 0 aromatic carbocycles. The molecule has 0 atom stereocenters. The first-order chi connectivity index (χ1) is 8.05. The Balaban J connectivity index is 2.17. The summed E-state index contributed by atoms with van der Waals surface area (Å²) < 4.78 is 1.54. The lowest BCUT2D eigenvalue weighted by Gasteiger charge is -2.28. The number of carbonyl (C=O) groups is 1. The van der Waals surface area contributed by atoms with E-state index in [-0.39, 0.29) is 5.91 Å². The molecule has 1 aromatic rings. The number of nitrogens with two attached hydrogens (primary N) is 1. The van der Waals surface area contributed by atoms with Crippen molar-refractivity contribution in [3.63, 3.8) is 0 Å². The number of hydrogen-bond donors (Lipinski definition) is 2. The number of carbonyl (C=O) groups excluding carboxylic acids is 1. The molecule has 0 spiro atoms. The second-order valence-corrected chi connectivity index (χ2v) is 4.89. The lowest BCUT2D eigenvalue weighted by molar-refractivity contribution is 0.0915. The van der Waals surface area contributed by atoms with Crippen LogP contribution in [-0.4, -0.2) is 26.2 Å². The van der Waals surface area contributed by atoms with Crippen LogP contribution in [0.25, 0.3) is 0 Å². The van der Waals surface area contributed by atoms with Gasteiger partial charge < -0.3 is 11.1 Å². The fourth-order valence-corrected chi connectivity index (χ4v) is 2.54. The van der Waals surface area contributed by atoms with Crippen molar-refractivity contribution in [1.82, 2.24) is 15.1 Å². The monoisotopic (exact) mass is 252 g/mol. The van der Waals surface area contributed by atoms with Crippen LogP contribution in [0, 0.1) is 0 Å². The molecule has 6 heteroatoms. The standard InChI is InChI=1S/C11H16N4OS/c1-15-8(4-7-13-15)9(16)14-11(10(12)17)5-2-3-6-11/h4,7H,2-3,5-6H2,1H3,(H2,12,17)(H,14,16). The minimum Gasteiger partial charge on any atom is -0.391 e. The summed E-state index contributed by atoms with van der Waals surface area (Å²) in [5, 5.41) is 6.94. The van der Waals surface area contributed by atoms with Gasteiger partial charge in [0.25, 0.3) is 5.91 Å². The Labute approximate surface area is 105 Å². The minimum atomic E-state index is -0.503. The van der Waals surface area contributed by atoms with E-state index in [1.165, 1.54) is 4.68 Å². The third kappa shape index (κ3) is 2.17. The van der Waals surface area contributed by atoms with Crippen LogP contribution >= 0.6 is 12.2 Å². The fraction of sp³-hybridized carbons (Fsp3) is 0.545. The highest BCUT2D eigenvalue weighted by Gasteiger charge is 2.38. The van der Waals surface area contributed by atoms with Crippen LogP contribution < -0.4 is 11.1 Å². The van der Waals surface area contributed by atoms with Gasteiger partial charge in [-0.25, -0.2) is 0 Å². The maximum absolute atomic E-state index is 12.1. The molecule has 17 heavy (non-hydrogen) atoms. The van der Waals surface area contributed by atoms with Gasteiger partial charge in [0, 0.05) is 13.2 Å². The van der Waals surface area contributed by atoms with Gasteiger partial charge in [-0.15, -0.1) is 0 Å². The number of hydrogen-bond acceptors (Lipinski definition) is 3. The highest BCUT2D eigenvalue weighted by molar-refractivity contribution is 7.80. The molecule has 1 amide bonds. The van der Waals surface area contributed by atoms with Crippen LogP contribution in [0.1, 0.15) is 36.2 Å². The molecule has 1 fully saturated rings. The smallest absolute Gasteiger partial charge is 0.270 e. The Bertz CT molecular complexity index is 448. The summed E-state index contributed by atoms with van der Waals surface area (Å²) in [5.41, 5.74) is 5.78. The summed E-state index contributed by atoms with van der Waals surface area (Å²) in [5.74, 6) is -0.167. The van der Waals surface area contributed by atoms with Gasteiger partial charge in [-0.05, 0) is 18.9 Å². The summed E-state index contributed by atoms with van der Waals surface area (Å²) in [7, 11) is 1.73. The van der Waals surface area contributed by atoms with E-state index < -0.39 is 5.54 Å². The number of nitrogens with zero attached hydrogens (tertiary/aromatic N) is 2. The first-order valence-corrected chi connectivity index (χ1v) is 6.06. The van der Waals surface area contributed by atoms with E-state index in [0.717, 1.165) is 25.7 Å². The molecule has 0 radical (unpaired) electrons. The molecule has 1 saturated carbocycles. The van der Waals surface area contributed by atoms with E-state index in [9.17, 15) is 4.79 Å². The molecule has 0 bridgehead atoms. The van der Waals surface area contributed by atoms with Crippen molar-refractivity contribution >= 4 is 23.1 Å². The van der Waals surface area contributed by atoms with Crippen molar-refractivity contribution in [3.05, 3.63) is 18.0 Å². The van der Waals surface area contributed by atoms with Crippen molar-refractivity contribution in [2.24, 2.45) is 12.8 Å². The Hall–Kier alpha value is -1.43. The van der Waals surface area contributed by atoms with E-state index in [1.54, 1.807) is 19.3 Å². The zero-order chi connectivity index (χ0) is 12.5. The van der Waals surface area contributed by atoms with Crippen molar-refractivity contribution in [3.8, 4) is 0 Å². The van der Waals surface area contributed by atoms with Crippen molar-refractivity contribution in [2.75, 3.05) is 0 Å². The highest BCUT2D eigenvalue weighted by Crippen LogP contribution is 2.30. The average molecular weight is 252 g/mol. The van der Waals surface area contributed by atoms with E-state index in [2.05, 4.69) is 10.4 Å². The van der Waals surface area contributed by atoms with Gasteiger partial charge in [-0.1, -0.05) is 25.1 Å². The molecule has 1 heterocycles. The van der Waals surface area contributed by atoms with E-state index in [1.807, 2.05) is 0 Å². The lowest BCUT2D eigenvalue weighted by Crippen LogP contribution is -2.55. The van der Waals surface area contributed by atoms with Gasteiger partial charge >= 0.3 is 0 Å². The number of amides is 1. The molecule has 5 nitrogen and oxygen atoms in total. The number of thiocarbonyl (C=S) groups is 1. The maximum Gasteiger partial charge on any atom is 0.270 e. The molecule has 92 valence electrons. The normalized spacial score (nSPS) is 17.9. The lowest BCUT2D eigenvalue weighted by atomic mass is 9.97. The number of rotatable bonds is 3. The minimum absolute atomic E-state index is 0.167. The molecule has 2 rings (SSSR count). The summed E-state index contributed by atoms with van der Waals surface area (Å²) >= 11 is 5.09.